The summed E-state index contributed by atoms with van der Waals surface area (Å²) in [6, 6.07) is 8.38. The Morgan fingerprint density at radius 2 is 2.20 bits per heavy atom. The van der Waals surface area contributed by atoms with E-state index in [1.807, 2.05) is 25.2 Å². The van der Waals surface area contributed by atoms with Crippen LogP contribution in [0.2, 0.25) is 0 Å². The van der Waals surface area contributed by atoms with E-state index in [9.17, 15) is 4.79 Å². The number of nitrogens with zero attached hydrogens (tertiary/aromatic N) is 3. The normalized spacial score (nSPS) is 19.3. The summed E-state index contributed by atoms with van der Waals surface area (Å²) in [7, 11) is 2.05. The van der Waals surface area contributed by atoms with E-state index in [0.29, 0.717) is 0 Å². The van der Waals surface area contributed by atoms with E-state index in [-0.39, 0.29) is 11.9 Å². The van der Waals surface area contributed by atoms with Crippen molar-refractivity contribution in [3.63, 3.8) is 0 Å². The maximum Gasteiger partial charge on any atom is 0.217 e. The maximum atomic E-state index is 11.2. The first-order valence-corrected chi connectivity index (χ1v) is 7.08. The number of aromatic nitrogens is 2. The van der Waals surface area contributed by atoms with Gasteiger partial charge in [-0.3, -0.25) is 4.79 Å². The molecule has 0 spiro atoms. The summed E-state index contributed by atoms with van der Waals surface area (Å²) < 4.78 is 2.13. The minimum absolute atomic E-state index is 0.0434. The molecule has 2 aromatic rings. The number of rotatable bonds is 2. The molecule has 1 aliphatic heterocycles. The zero-order valence-electron chi connectivity index (χ0n) is 12.0. The summed E-state index contributed by atoms with van der Waals surface area (Å²) in [6.45, 7) is 3.40. The number of amides is 1. The van der Waals surface area contributed by atoms with E-state index < -0.39 is 0 Å². The zero-order valence-corrected chi connectivity index (χ0v) is 12.0. The third-order valence-electron chi connectivity index (χ3n) is 3.88. The van der Waals surface area contributed by atoms with Crippen LogP contribution in [0.1, 0.15) is 19.8 Å². The molecule has 1 aromatic carbocycles. The summed E-state index contributed by atoms with van der Waals surface area (Å²) in [5, 5.41) is 3.02. The lowest BCUT2D eigenvalue weighted by Gasteiger charge is -2.33. The molecule has 0 saturated carbocycles. The van der Waals surface area contributed by atoms with Crippen LogP contribution in [0.25, 0.3) is 11.0 Å². The molecule has 1 amide bonds. The molecular formula is C15H20N4O. The van der Waals surface area contributed by atoms with Crippen LogP contribution in [0.3, 0.4) is 0 Å². The number of benzene rings is 1. The van der Waals surface area contributed by atoms with Crippen molar-refractivity contribution < 1.29 is 4.79 Å². The van der Waals surface area contributed by atoms with Gasteiger partial charge in [-0.05, 0) is 25.0 Å². The number of para-hydroxylation sites is 2. The number of hydrogen-bond donors (Lipinski definition) is 1. The molecule has 0 bridgehead atoms. The fraction of sp³-hybridized carbons (Fsp3) is 0.467. The van der Waals surface area contributed by atoms with Gasteiger partial charge in [0, 0.05) is 33.1 Å². The molecule has 1 fully saturated rings. The average molecular weight is 272 g/mol. The third-order valence-corrected chi connectivity index (χ3v) is 3.88. The minimum atomic E-state index is 0.0434. The Morgan fingerprint density at radius 1 is 1.40 bits per heavy atom. The van der Waals surface area contributed by atoms with Crippen LogP contribution >= 0.6 is 0 Å². The first-order chi connectivity index (χ1) is 9.65. The Balaban J connectivity index is 1.86. The number of imidazole rings is 1. The monoisotopic (exact) mass is 272 g/mol. The molecule has 2 heterocycles. The summed E-state index contributed by atoms with van der Waals surface area (Å²) in [5.41, 5.74) is 2.16. The molecule has 5 nitrogen and oxygen atoms in total. The second kappa shape index (κ2) is 5.15. The third kappa shape index (κ3) is 2.35. The quantitative estimate of drug-likeness (QED) is 0.905. The highest BCUT2D eigenvalue weighted by Crippen LogP contribution is 2.23. The van der Waals surface area contributed by atoms with Crippen molar-refractivity contribution in [1.29, 1.82) is 0 Å². The van der Waals surface area contributed by atoms with Gasteiger partial charge < -0.3 is 14.8 Å². The van der Waals surface area contributed by atoms with Crippen LogP contribution in [-0.2, 0) is 11.8 Å². The van der Waals surface area contributed by atoms with Crippen LogP contribution < -0.4 is 10.2 Å². The van der Waals surface area contributed by atoms with E-state index in [0.717, 1.165) is 42.9 Å². The number of piperidine rings is 1. The van der Waals surface area contributed by atoms with Gasteiger partial charge in [0.15, 0.2) is 0 Å². The molecule has 1 unspecified atom stereocenters. The molecule has 0 aliphatic carbocycles. The van der Waals surface area contributed by atoms with Crippen molar-refractivity contribution in [1.82, 2.24) is 14.9 Å². The molecule has 0 radical (unpaired) electrons. The lowest BCUT2D eigenvalue weighted by molar-refractivity contribution is -0.119. The first-order valence-electron chi connectivity index (χ1n) is 7.08. The highest BCUT2D eigenvalue weighted by molar-refractivity contribution is 5.78. The molecule has 5 heteroatoms. The predicted molar refractivity (Wildman–Crippen MR) is 79.8 cm³/mol. The fourth-order valence-corrected chi connectivity index (χ4v) is 2.98. The molecule has 1 aromatic heterocycles. The van der Waals surface area contributed by atoms with E-state index in [2.05, 4.69) is 20.9 Å². The summed E-state index contributed by atoms with van der Waals surface area (Å²) in [5.74, 6) is 1.03. The minimum Gasteiger partial charge on any atom is -0.352 e. The summed E-state index contributed by atoms with van der Waals surface area (Å²) in [6.07, 6.45) is 2.12. The van der Waals surface area contributed by atoms with E-state index >= 15 is 0 Å². The standard InChI is InChI=1S/C15H20N4O/c1-11(20)16-12-6-5-9-19(10-12)15-17-13-7-3-4-8-14(13)18(15)2/h3-4,7-8,12H,5-6,9-10H2,1-2H3,(H,16,20). The molecular weight excluding hydrogens is 252 g/mol. The molecule has 1 saturated heterocycles. The number of nitrogens with one attached hydrogen (secondary N) is 1. The van der Waals surface area contributed by atoms with E-state index in [1.54, 1.807) is 6.92 Å². The van der Waals surface area contributed by atoms with Crippen molar-refractivity contribution in [2.45, 2.75) is 25.8 Å². The largest absolute Gasteiger partial charge is 0.352 e. The van der Waals surface area contributed by atoms with Gasteiger partial charge in [-0.1, -0.05) is 12.1 Å². The topological polar surface area (TPSA) is 50.2 Å². The van der Waals surface area contributed by atoms with Crippen LogP contribution in [0.5, 0.6) is 0 Å². The van der Waals surface area contributed by atoms with Gasteiger partial charge in [-0.25, -0.2) is 4.98 Å². The van der Waals surface area contributed by atoms with Crippen LogP contribution in [0, 0.1) is 0 Å². The number of anilines is 1. The van der Waals surface area contributed by atoms with E-state index in [1.165, 1.54) is 0 Å². The van der Waals surface area contributed by atoms with Gasteiger partial charge in [0.25, 0.3) is 0 Å². The maximum absolute atomic E-state index is 11.2. The predicted octanol–water partition coefficient (Wildman–Crippen LogP) is 1.68. The van der Waals surface area contributed by atoms with Gasteiger partial charge in [-0.15, -0.1) is 0 Å². The van der Waals surface area contributed by atoms with Gasteiger partial charge in [0.1, 0.15) is 0 Å². The fourth-order valence-electron chi connectivity index (χ4n) is 2.98. The van der Waals surface area contributed by atoms with Crippen LogP contribution in [-0.4, -0.2) is 34.6 Å². The number of fused-ring (bicyclic) bond motifs is 1. The average Bonchev–Trinajstić information content (AvgIpc) is 2.76. The first kappa shape index (κ1) is 13.0. The van der Waals surface area contributed by atoms with Gasteiger partial charge >= 0.3 is 0 Å². The molecule has 3 rings (SSSR count). The Kier molecular flexibility index (Phi) is 3.34. The van der Waals surface area contributed by atoms with Crippen molar-refractivity contribution in [3.05, 3.63) is 24.3 Å². The second-order valence-electron chi connectivity index (χ2n) is 5.45. The highest BCUT2D eigenvalue weighted by Gasteiger charge is 2.23. The van der Waals surface area contributed by atoms with Crippen molar-refractivity contribution in [2.24, 2.45) is 7.05 Å². The Bertz CT molecular complexity index is 634. The van der Waals surface area contributed by atoms with Crippen LogP contribution in [0.4, 0.5) is 5.95 Å². The van der Waals surface area contributed by atoms with Gasteiger partial charge in [0.2, 0.25) is 11.9 Å². The highest BCUT2D eigenvalue weighted by atomic mass is 16.1. The van der Waals surface area contributed by atoms with Crippen molar-refractivity contribution in [3.8, 4) is 0 Å². The number of hydrogen-bond acceptors (Lipinski definition) is 3. The molecule has 20 heavy (non-hydrogen) atoms. The zero-order chi connectivity index (χ0) is 14.1. The Morgan fingerprint density at radius 3 is 2.95 bits per heavy atom. The van der Waals surface area contributed by atoms with Gasteiger partial charge in [-0.2, -0.15) is 0 Å². The lowest BCUT2D eigenvalue weighted by Crippen LogP contribution is -2.47. The SMILES string of the molecule is CC(=O)NC1CCCN(c2nc3ccccc3n2C)C1. The van der Waals surface area contributed by atoms with Crippen molar-refractivity contribution >= 4 is 22.9 Å². The van der Waals surface area contributed by atoms with Crippen LogP contribution in [0.15, 0.2) is 24.3 Å². The van der Waals surface area contributed by atoms with Gasteiger partial charge in [0.05, 0.1) is 11.0 Å². The second-order valence-corrected chi connectivity index (χ2v) is 5.45. The number of carbonyl (C=O) groups excluding carboxylic acids is 1. The molecule has 1 N–H and O–H groups in total. The molecule has 1 aliphatic rings. The number of aryl methyl sites for hydroxylation is 1. The number of carbonyl (C=O) groups is 1. The summed E-state index contributed by atoms with van der Waals surface area (Å²) >= 11 is 0. The lowest BCUT2D eigenvalue weighted by atomic mass is 10.1. The summed E-state index contributed by atoms with van der Waals surface area (Å²) in [4.78, 5) is 18.2. The smallest absolute Gasteiger partial charge is 0.217 e. The molecule has 106 valence electrons. The Hall–Kier alpha value is -2.04. The molecule has 1 atom stereocenters. The Labute approximate surface area is 118 Å². The van der Waals surface area contributed by atoms with E-state index in [4.69, 9.17) is 4.98 Å². The van der Waals surface area contributed by atoms with Crippen molar-refractivity contribution in [2.75, 3.05) is 18.0 Å².